The molecule has 100 valence electrons. The minimum Gasteiger partial charge on any atom is -0.398 e. The maximum Gasteiger partial charge on any atom is 0.241 e. The highest BCUT2D eigenvalue weighted by atomic mass is 32.2. The number of nitrogens with two attached hydrogens (primary N) is 1. The third-order valence-corrected chi connectivity index (χ3v) is 5.42. The van der Waals surface area contributed by atoms with Crippen LogP contribution in [-0.4, -0.2) is 14.5 Å². The Morgan fingerprint density at radius 1 is 1.28 bits per heavy atom. The molecule has 0 aromatic heterocycles. The monoisotopic (exact) mass is 268 g/mol. The van der Waals surface area contributed by atoms with Crippen molar-refractivity contribution in [2.45, 2.75) is 44.6 Å². The third kappa shape index (κ3) is 2.37. The molecule has 1 aliphatic rings. The van der Waals surface area contributed by atoms with E-state index < -0.39 is 10.0 Å². The molecule has 18 heavy (non-hydrogen) atoms. The first kappa shape index (κ1) is 13.4. The molecule has 5 heteroatoms. The van der Waals surface area contributed by atoms with Gasteiger partial charge in [-0.25, -0.2) is 13.1 Å². The summed E-state index contributed by atoms with van der Waals surface area (Å²) in [5.41, 5.74) is 7.68. The SMILES string of the molecule is Cc1ccc(N)c(C)c1S(=O)(=O)NC1CC(C)C1. The molecule has 0 heterocycles. The van der Waals surface area contributed by atoms with Gasteiger partial charge in [0.2, 0.25) is 10.0 Å². The van der Waals surface area contributed by atoms with Gasteiger partial charge >= 0.3 is 0 Å². The number of anilines is 1. The van der Waals surface area contributed by atoms with Crippen molar-refractivity contribution in [3.63, 3.8) is 0 Å². The summed E-state index contributed by atoms with van der Waals surface area (Å²) in [5.74, 6) is 0.612. The molecule has 2 rings (SSSR count). The Morgan fingerprint density at radius 3 is 2.44 bits per heavy atom. The fraction of sp³-hybridized carbons (Fsp3) is 0.538. The zero-order valence-electron chi connectivity index (χ0n) is 11.0. The highest BCUT2D eigenvalue weighted by Crippen LogP contribution is 2.30. The van der Waals surface area contributed by atoms with Gasteiger partial charge in [-0.15, -0.1) is 0 Å². The van der Waals surface area contributed by atoms with Crippen LogP contribution in [0.5, 0.6) is 0 Å². The molecule has 0 amide bonds. The summed E-state index contributed by atoms with van der Waals surface area (Å²) >= 11 is 0. The largest absolute Gasteiger partial charge is 0.398 e. The molecule has 0 atom stereocenters. The Hall–Kier alpha value is -1.07. The van der Waals surface area contributed by atoms with Crippen LogP contribution in [-0.2, 0) is 10.0 Å². The molecule has 1 fully saturated rings. The van der Waals surface area contributed by atoms with Crippen LogP contribution in [0.3, 0.4) is 0 Å². The Balaban J connectivity index is 2.32. The van der Waals surface area contributed by atoms with Crippen molar-refractivity contribution >= 4 is 15.7 Å². The lowest BCUT2D eigenvalue weighted by Gasteiger charge is -2.33. The Labute approximate surface area is 109 Å². The van der Waals surface area contributed by atoms with Gasteiger partial charge in [-0.05, 0) is 49.8 Å². The predicted octanol–water partition coefficient (Wildman–Crippen LogP) is 1.96. The van der Waals surface area contributed by atoms with Gasteiger partial charge in [0, 0.05) is 11.7 Å². The minimum absolute atomic E-state index is 0.0743. The number of nitrogen functional groups attached to an aromatic ring is 1. The topological polar surface area (TPSA) is 72.2 Å². The van der Waals surface area contributed by atoms with Gasteiger partial charge in [-0.1, -0.05) is 13.0 Å². The van der Waals surface area contributed by atoms with Crippen LogP contribution in [0.2, 0.25) is 0 Å². The van der Waals surface area contributed by atoms with Crippen LogP contribution >= 0.6 is 0 Å². The van der Waals surface area contributed by atoms with Crippen LogP contribution in [0.15, 0.2) is 17.0 Å². The molecule has 4 nitrogen and oxygen atoms in total. The van der Waals surface area contributed by atoms with E-state index >= 15 is 0 Å². The van der Waals surface area contributed by atoms with E-state index in [1.165, 1.54) is 0 Å². The molecule has 1 aliphatic carbocycles. The molecule has 0 radical (unpaired) electrons. The van der Waals surface area contributed by atoms with E-state index in [0.29, 0.717) is 22.1 Å². The van der Waals surface area contributed by atoms with Crippen LogP contribution in [0.25, 0.3) is 0 Å². The summed E-state index contributed by atoms with van der Waals surface area (Å²) in [4.78, 5) is 0.335. The van der Waals surface area contributed by atoms with Crippen molar-refractivity contribution in [1.29, 1.82) is 0 Å². The van der Waals surface area contributed by atoms with Crippen LogP contribution in [0.4, 0.5) is 5.69 Å². The standard InChI is InChI=1S/C13H20N2O2S/c1-8-6-11(7-8)15-18(16,17)13-9(2)4-5-12(14)10(13)3/h4-5,8,11,15H,6-7,14H2,1-3H3. The fourth-order valence-electron chi connectivity index (χ4n) is 2.53. The minimum atomic E-state index is -3.46. The Bertz CT molecular complexity index is 561. The lowest BCUT2D eigenvalue weighted by atomic mass is 9.83. The van der Waals surface area contributed by atoms with E-state index in [9.17, 15) is 8.42 Å². The quantitative estimate of drug-likeness (QED) is 0.823. The zero-order valence-corrected chi connectivity index (χ0v) is 11.8. The lowest BCUT2D eigenvalue weighted by Crippen LogP contribution is -2.43. The predicted molar refractivity (Wildman–Crippen MR) is 72.8 cm³/mol. The molecular formula is C13H20N2O2S. The fourth-order valence-corrected chi connectivity index (χ4v) is 4.29. The zero-order chi connectivity index (χ0) is 13.5. The number of nitrogens with one attached hydrogen (secondary N) is 1. The second kappa shape index (κ2) is 4.55. The molecule has 0 bridgehead atoms. The molecule has 0 saturated heterocycles. The summed E-state index contributed by atoms with van der Waals surface area (Å²) < 4.78 is 27.5. The molecule has 1 aromatic rings. The summed E-state index contributed by atoms with van der Waals surface area (Å²) in [6.45, 7) is 5.67. The van der Waals surface area contributed by atoms with Crippen molar-refractivity contribution in [3.8, 4) is 0 Å². The first-order valence-electron chi connectivity index (χ1n) is 6.19. The Morgan fingerprint density at radius 2 is 1.89 bits per heavy atom. The summed E-state index contributed by atoms with van der Waals surface area (Å²) in [5, 5.41) is 0. The highest BCUT2D eigenvalue weighted by Gasteiger charge is 2.31. The number of aryl methyl sites for hydroxylation is 1. The van der Waals surface area contributed by atoms with E-state index in [1.54, 1.807) is 26.0 Å². The van der Waals surface area contributed by atoms with Gasteiger partial charge in [0.25, 0.3) is 0 Å². The lowest BCUT2D eigenvalue weighted by molar-refractivity contribution is 0.270. The van der Waals surface area contributed by atoms with E-state index in [2.05, 4.69) is 11.6 Å². The molecular weight excluding hydrogens is 248 g/mol. The molecule has 0 aliphatic heterocycles. The summed E-state index contributed by atoms with van der Waals surface area (Å²) in [6.07, 6.45) is 1.83. The molecule has 0 unspecified atom stereocenters. The average Bonchev–Trinajstić information content (AvgIpc) is 2.21. The normalized spacial score (nSPS) is 23.7. The molecule has 0 spiro atoms. The van der Waals surface area contributed by atoms with Gasteiger partial charge in [-0.3, -0.25) is 0 Å². The summed E-state index contributed by atoms with van der Waals surface area (Å²) in [7, 11) is -3.46. The van der Waals surface area contributed by atoms with Gasteiger partial charge in [0.15, 0.2) is 0 Å². The number of rotatable bonds is 3. The van der Waals surface area contributed by atoms with Crippen LogP contribution in [0.1, 0.15) is 30.9 Å². The number of benzene rings is 1. The van der Waals surface area contributed by atoms with E-state index in [-0.39, 0.29) is 6.04 Å². The van der Waals surface area contributed by atoms with E-state index in [0.717, 1.165) is 18.4 Å². The van der Waals surface area contributed by atoms with Crippen molar-refractivity contribution in [2.24, 2.45) is 5.92 Å². The molecule has 3 N–H and O–H groups in total. The van der Waals surface area contributed by atoms with Crippen molar-refractivity contribution in [2.75, 3.05) is 5.73 Å². The van der Waals surface area contributed by atoms with Crippen molar-refractivity contribution < 1.29 is 8.42 Å². The highest BCUT2D eigenvalue weighted by molar-refractivity contribution is 7.89. The van der Waals surface area contributed by atoms with Gasteiger partial charge < -0.3 is 5.73 Å². The van der Waals surface area contributed by atoms with Gasteiger partial charge in [-0.2, -0.15) is 0 Å². The van der Waals surface area contributed by atoms with Crippen LogP contribution < -0.4 is 10.5 Å². The van der Waals surface area contributed by atoms with E-state index in [4.69, 9.17) is 5.73 Å². The smallest absolute Gasteiger partial charge is 0.241 e. The second-order valence-electron chi connectivity index (χ2n) is 5.32. The van der Waals surface area contributed by atoms with Gasteiger partial charge in [0.1, 0.15) is 0 Å². The first-order valence-corrected chi connectivity index (χ1v) is 7.67. The number of hydrogen-bond acceptors (Lipinski definition) is 3. The van der Waals surface area contributed by atoms with Gasteiger partial charge in [0.05, 0.1) is 4.90 Å². The van der Waals surface area contributed by atoms with E-state index in [1.807, 2.05) is 0 Å². The first-order chi connectivity index (χ1) is 8.31. The average molecular weight is 268 g/mol. The number of hydrogen-bond donors (Lipinski definition) is 2. The Kier molecular flexibility index (Phi) is 3.38. The van der Waals surface area contributed by atoms with Crippen molar-refractivity contribution in [3.05, 3.63) is 23.3 Å². The maximum atomic E-state index is 12.4. The second-order valence-corrected chi connectivity index (χ2v) is 6.97. The van der Waals surface area contributed by atoms with Crippen molar-refractivity contribution in [1.82, 2.24) is 4.72 Å². The summed E-state index contributed by atoms with van der Waals surface area (Å²) in [6, 6.07) is 3.57. The number of sulfonamides is 1. The maximum absolute atomic E-state index is 12.4. The third-order valence-electron chi connectivity index (χ3n) is 3.61. The van der Waals surface area contributed by atoms with Crippen LogP contribution in [0, 0.1) is 19.8 Å². The molecule has 1 aromatic carbocycles. The molecule has 1 saturated carbocycles.